The Kier molecular flexibility index (Phi) is 1.81. The Hall–Kier alpha value is -0.235. The van der Waals surface area contributed by atoms with Crippen LogP contribution in [0.4, 0.5) is 0 Å². The minimum atomic E-state index is 0.917. The van der Waals surface area contributed by atoms with Gasteiger partial charge in [0.05, 0.1) is 0 Å². The second-order valence-electron chi connectivity index (χ2n) is 3.00. The van der Waals surface area contributed by atoms with Gasteiger partial charge in [-0.25, -0.2) is 0 Å². The zero-order valence-corrected chi connectivity index (χ0v) is 6.86. The lowest BCUT2D eigenvalue weighted by atomic mass is 9.47. The number of rotatable bonds is 1. The van der Waals surface area contributed by atoms with E-state index in [1.54, 1.807) is 4.78 Å². The van der Waals surface area contributed by atoms with Crippen LogP contribution in [0.15, 0.2) is 17.5 Å². The zero-order valence-electron chi connectivity index (χ0n) is 6.05. The van der Waals surface area contributed by atoms with Crippen LogP contribution in [0, 0.1) is 0 Å². The summed E-state index contributed by atoms with van der Waals surface area (Å²) < 4.78 is 1.61. The maximum Gasteiger partial charge on any atom is 0.189 e. The third-order valence-corrected chi connectivity index (χ3v) is 3.34. The molecule has 1 aromatic heterocycles. The van der Waals surface area contributed by atoms with Gasteiger partial charge in [-0.2, -0.15) is 11.3 Å². The molecule has 2 heteroatoms. The van der Waals surface area contributed by atoms with Crippen LogP contribution in [0.5, 0.6) is 0 Å². The van der Waals surface area contributed by atoms with E-state index in [0.717, 1.165) is 6.71 Å². The summed E-state index contributed by atoms with van der Waals surface area (Å²) in [6, 6.07) is 4.44. The molecule has 0 saturated carbocycles. The molecule has 0 aliphatic carbocycles. The summed E-state index contributed by atoms with van der Waals surface area (Å²) in [5, 5.41) is 2.19. The molecule has 0 aromatic carbocycles. The van der Waals surface area contributed by atoms with Gasteiger partial charge in [-0.15, -0.1) is 0 Å². The van der Waals surface area contributed by atoms with Crippen LogP contribution >= 0.6 is 11.3 Å². The quantitative estimate of drug-likeness (QED) is 0.538. The van der Waals surface area contributed by atoms with E-state index in [0.29, 0.717) is 0 Å². The van der Waals surface area contributed by atoms with Crippen molar-refractivity contribution >= 4 is 22.8 Å². The highest BCUT2D eigenvalue weighted by Gasteiger charge is 2.21. The second kappa shape index (κ2) is 2.79. The molecular weight excluding hydrogens is 139 g/mol. The summed E-state index contributed by atoms with van der Waals surface area (Å²) in [6.07, 6.45) is 5.76. The van der Waals surface area contributed by atoms with Gasteiger partial charge in [0.1, 0.15) is 0 Å². The predicted molar refractivity (Wildman–Crippen MR) is 48.6 cm³/mol. The van der Waals surface area contributed by atoms with Crippen molar-refractivity contribution in [1.29, 1.82) is 0 Å². The molecule has 0 atom stereocenters. The highest BCUT2D eigenvalue weighted by atomic mass is 32.1. The van der Waals surface area contributed by atoms with Crippen LogP contribution < -0.4 is 4.78 Å². The molecule has 0 nitrogen and oxygen atoms in total. The van der Waals surface area contributed by atoms with Crippen molar-refractivity contribution in [3.63, 3.8) is 0 Å². The molecule has 0 spiro atoms. The van der Waals surface area contributed by atoms with Gasteiger partial charge in [0.2, 0.25) is 0 Å². The third-order valence-electron chi connectivity index (χ3n) is 2.30. The minimum absolute atomic E-state index is 0.917. The fourth-order valence-corrected chi connectivity index (χ4v) is 2.63. The molecule has 0 bridgehead atoms. The highest BCUT2D eigenvalue weighted by molar-refractivity contribution is 7.22. The lowest BCUT2D eigenvalue weighted by molar-refractivity contribution is 0.935. The first kappa shape index (κ1) is 6.47. The van der Waals surface area contributed by atoms with Crippen molar-refractivity contribution in [3.8, 4) is 0 Å². The molecule has 52 valence electrons. The van der Waals surface area contributed by atoms with Gasteiger partial charge in [0.15, 0.2) is 6.71 Å². The Balaban J connectivity index is 2.12. The van der Waals surface area contributed by atoms with Crippen molar-refractivity contribution in [1.82, 2.24) is 0 Å². The molecule has 1 fully saturated rings. The first-order valence-electron chi connectivity index (χ1n) is 4.00. The zero-order chi connectivity index (χ0) is 6.81. The van der Waals surface area contributed by atoms with E-state index >= 15 is 0 Å². The van der Waals surface area contributed by atoms with Crippen molar-refractivity contribution in [2.45, 2.75) is 25.5 Å². The monoisotopic (exact) mass is 150 g/mol. The van der Waals surface area contributed by atoms with Crippen LogP contribution in [0.25, 0.3) is 0 Å². The standard InChI is InChI=1S/C8H11BS/c1-2-6-9(5-1)8-4-3-7-10-8/h3-4,7H,1-2,5-6H2. The van der Waals surface area contributed by atoms with E-state index in [1.807, 2.05) is 11.3 Å². The van der Waals surface area contributed by atoms with Gasteiger partial charge in [0.25, 0.3) is 0 Å². The van der Waals surface area contributed by atoms with Crippen molar-refractivity contribution in [2.24, 2.45) is 0 Å². The molecule has 0 unspecified atom stereocenters. The summed E-state index contributed by atoms with van der Waals surface area (Å²) in [7, 11) is 0. The summed E-state index contributed by atoms with van der Waals surface area (Å²) >= 11 is 1.92. The predicted octanol–water partition coefficient (Wildman–Crippen LogP) is 2.24. The normalized spacial score (nSPS) is 18.2. The van der Waals surface area contributed by atoms with E-state index in [2.05, 4.69) is 17.5 Å². The van der Waals surface area contributed by atoms with Crippen molar-refractivity contribution in [2.75, 3.05) is 0 Å². The maximum atomic E-state index is 2.28. The first-order chi connectivity index (χ1) is 4.97. The fraction of sp³-hybridized carbons (Fsp3) is 0.500. The van der Waals surface area contributed by atoms with Crippen LogP contribution in [0.3, 0.4) is 0 Å². The SMILES string of the molecule is c1csc(B2CCCC2)c1. The van der Waals surface area contributed by atoms with Gasteiger partial charge >= 0.3 is 0 Å². The van der Waals surface area contributed by atoms with Gasteiger partial charge < -0.3 is 0 Å². The Bertz CT molecular complexity index is 187. The van der Waals surface area contributed by atoms with E-state index in [4.69, 9.17) is 0 Å². The first-order valence-corrected chi connectivity index (χ1v) is 4.88. The summed E-state index contributed by atoms with van der Waals surface area (Å²) in [5.41, 5.74) is 0. The number of hydrogen-bond acceptors (Lipinski definition) is 1. The van der Waals surface area contributed by atoms with Gasteiger partial charge in [-0.05, 0) is 10.2 Å². The molecule has 0 amide bonds. The summed E-state index contributed by atoms with van der Waals surface area (Å²) in [6.45, 7) is 0.917. The minimum Gasteiger partial charge on any atom is -0.159 e. The molecule has 1 saturated heterocycles. The average Bonchev–Trinajstić information content (AvgIpc) is 2.59. The molecule has 2 rings (SSSR count). The van der Waals surface area contributed by atoms with E-state index in [1.165, 1.54) is 25.5 Å². The molecule has 0 radical (unpaired) electrons. The van der Waals surface area contributed by atoms with Crippen LogP contribution in [0.2, 0.25) is 12.6 Å². The van der Waals surface area contributed by atoms with E-state index in [-0.39, 0.29) is 0 Å². The smallest absolute Gasteiger partial charge is 0.159 e. The lowest BCUT2D eigenvalue weighted by Crippen LogP contribution is -2.22. The molecule has 2 heterocycles. The van der Waals surface area contributed by atoms with Crippen molar-refractivity contribution < 1.29 is 0 Å². The summed E-state index contributed by atoms with van der Waals surface area (Å²) in [5.74, 6) is 0. The number of hydrogen-bond donors (Lipinski definition) is 0. The molecule has 10 heavy (non-hydrogen) atoms. The molecular formula is C8H11BS. The fourth-order valence-electron chi connectivity index (χ4n) is 1.73. The third kappa shape index (κ3) is 1.13. The van der Waals surface area contributed by atoms with Crippen LogP contribution in [0.1, 0.15) is 12.8 Å². The van der Waals surface area contributed by atoms with E-state index in [9.17, 15) is 0 Å². The molecule has 1 aromatic rings. The van der Waals surface area contributed by atoms with Crippen LogP contribution in [-0.2, 0) is 0 Å². The van der Waals surface area contributed by atoms with Gasteiger partial charge in [0, 0.05) is 0 Å². The second-order valence-corrected chi connectivity index (χ2v) is 3.98. The number of thiophene rings is 1. The van der Waals surface area contributed by atoms with Crippen LogP contribution in [-0.4, -0.2) is 6.71 Å². The molecule has 0 N–H and O–H groups in total. The maximum absolute atomic E-state index is 2.28. The average molecular weight is 150 g/mol. The highest BCUT2D eigenvalue weighted by Crippen LogP contribution is 2.20. The van der Waals surface area contributed by atoms with Crippen molar-refractivity contribution in [3.05, 3.63) is 17.5 Å². The van der Waals surface area contributed by atoms with E-state index < -0.39 is 0 Å². The summed E-state index contributed by atoms with van der Waals surface area (Å²) in [4.78, 5) is 0. The van der Waals surface area contributed by atoms with Gasteiger partial charge in [-0.3, -0.25) is 0 Å². The molecule has 1 aliphatic heterocycles. The van der Waals surface area contributed by atoms with Gasteiger partial charge in [-0.1, -0.05) is 37.6 Å². The Morgan fingerprint density at radius 1 is 1.30 bits per heavy atom. The topological polar surface area (TPSA) is 0 Å². The Labute approximate surface area is 66.3 Å². The lowest BCUT2D eigenvalue weighted by Gasteiger charge is -1.98. The largest absolute Gasteiger partial charge is 0.189 e. The molecule has 1 aliphatic rings. The Morgan fingerprint density at radius 3 is 2.70 bits per heavy atom. The Morgan fingerprint density at radius 2 is 2.10 bits per heavy atom.